The van der Waals surface area contributed by atoms with E-state index in [1.165, 1.54) is 11.8 Å². The van der Waals surface area contributed by atoms with Crippen molar-refractivity contribution in [2.24, 2.45) is 0 Å². The number of thioether (sulfide) groups is 1. The summed E-state index contributed by atoms with van der Waals surface area (Å²) >= 11 is 7.03. The van der Waals surface area contributed by atoms with Gasteiger partial charge >= 0.3 is 12.1 Å². The number of nitrogens with one attached hydrogen (secondary N) is 1. The van der Waals surface area contributed by atoms with E-state index in [9.17, 15) is 22.8 Å². The lowest BCUT2D eigenvalue weighted by atomic mass is 10.2. The van der Waals surface area contributed by atoms with Crippen LogP contribution in [0.4, 0.5) is 13.2 Å². The van der Waals surface area contributed by atoms with E-state index in [4.69, 9.17) is 16.7 Å². The minimum absolute atomic E-state index is 0.0884. The first-order valence-corrected chi connectivity index (χ1v) is 7.51. The van der Waals surface area contributed by atoms with Crippen molar-refractivity contribution in [3.8, 4) is 0 Å². The van der Waals surface area contributed by atoms with E-state index >= 15 is 0 Å². The van der Waals surface area contributed by atoms with Gasteiger partial charge in [0.15, 0.2) is 0 Å². The maximum atomic E-state index is 12.2. The fourth-order valence-electron chi connectivity index (χ4n) is 1.49. The van der Waals surface area contributed by atoms with Crippen LogP contribution >= 0.6 is 23.4 Å². The summed E-state index contributed by atoms with van der Waals surface area (Å²) in [5.74, 6) is -2.14. The van der Waals surface area contributed by atoms with E-state index in [0.29, 0.717) is 10.8 Å². The van der Waals surface area contributed by atoms with Crippen LogP contribution < -0.4 is 5.32 Å². The SMILES string of the molecule is O=C(CCSc1ccc(Cl)cc1)NC(CC(F)(F)F)C(=O)O. The van der Waals surface area contributed by atoms with Crippen LogP contribution in [0, 0.1) is 0 Å². The number of alkyl halides is 3. The van der Waals surface area contributed by atoms with Gasteiger partial charge in [0.25, 0.3) is 0 Å². The summed E-state index contributed by atoms with van der Waals surface area (Å²) in [7, 11) is 0. The number of hydrogen-bond acceptors (Lipinski definition) is 3. The average molecular weight is 356 g/mol. The van der Waals surface area contributed by atoms with Crippen LogP contribution in [-0.4, -0.2) is 35.0 Å². The Hall–Kier alpha value is -1.41. The molecule has 0 aliphatic rings. The van der Waals surface area contributed by atoms with E-state index in [2.05, 4.69) is 0 Å². The lowest BCUT2D eigenvalue weighted by Gasteiger charge is -2.16. The zero-order valence-electron chi connectivity index (χ0n) is 11.2. The van der Waals surface area contributed by atoms with E-state index in [1.807, 2.05) is 5.32 Å². The Morgan fingerprint density at radius 1 is 1.27 bits per heavy atom. The standard InChI is InChI=1S/C13H13ClF3NO3S/c14-8-1-3-9(4-2-8)22-6-5-11(19)18-10(12(20)21)7-13(15,16)17/h1-4,10H,5-7H2,(H,18,19)(H,20,21). The summed E-state index contributed by atoms with van der Waals surface area (Å²) in [5.41, 5.74) is 0. The van der Waals surface area contributed by atoms with Crippen LogP contribution in [-0.2, 0) is 9.59 Å². The average Bonchev–Trinajstić information content (AvgIpc) is 2.38. The molecule has 0 aliphatic heterocycles. The van der Waals surface area contributed by atoms with Crippen molar-refractivity contribution >= 4 is 35.2 Å². The molecule has 0 saturated heterocycles. The molecule has 1 amide bonds. The smallest absolute Gasteiger partial charge is 0.391 e. The van der Waals surface area contributed by atoms with Crippen molar-refractivity contribution < 1.29 is 27.9 Å². The summed E-state index contributed by atoms with van der Waals surface area (Å²) in [5, 5.41) is 11.1. The summed E-state index contributed by atoms with van der Waals surface area (Å²) in [6.45, 7) is 0. The van der Waals surface area contributed by atoms with Gasteiger partial charge in [0.1, 0.15) is 6.04 Å². The number of carboxylic acid groups (broad SMARTS) is 1. The van der Waals surface area contributed by atoms with Crippen molar-refractivity contribution in [2.75, 3.05) is 5.75 Å². The van der Waals surface area contributed by atoms with Crippen LogP contribution in [0.3, 0.4) is 0 Å². The number of aliphatic carboxylic acids is 1. The minimum Gasteiger partial charge on any atom is -0.480 e. The molecule has 0 bridgehead atoms. The van der Waals surface area contributed by atoms with E-state index < -0.39 is 30.5 Å². The molecule has 1 atom stereocenters. The Bertz CT molecular complexity index is 522. The molecule has 2 N–H and O–H groups in total. The quantitative estimate of drug-likeness (QED) is 0.736. The molecule has 0 aromatic heterocycles. The van der Waals surface area contributed by atoms with Crippen LogP contribution in [0.15, 0.2) is 29.2 Å². The van der Waals surface area contributed by atoms with Gasteiger partial charge in [-0.2, -0.15) is 13.2 Å². The second-order valence-electron chi connectivity index (χ2n) is 4.33. The van der Waals surface area contributed by atoms with Crippen molar-refractivity contribution in [3.63, 3.8) is 0 Å². The fourth-order valence-corrected chi connectivity index (χ4v) is 2.47. The second kappa shape index (κ2) is 8.28. The van der Waals surface area contributed by atoms with Gasteiger partial charge in [-0.1, -0.05) is 11.6 Å². The number of carbonyl (C=O) groups excluding carboxylic acids is 1. The third kappa shape index (κ3) is 7.56. The predicted octanol–water partition coefficient (Wildman–Crippen LogP) is 3.34. The van der Waals surface area contributed by atoms with Crippen molar-refractivity contribution in [1.82, 2.24) is 5.32 Å². The maximum Gasteiger partial charge on any atom is 0.391 e. The van der Waals surface area contributed by atoms with Gasteiger partial charge in [0.05, 0.1) is 6.42 Å². The molecule has 1 rings (SSSR count). The van der Waals surface area contributed by atoms with Gasteiger partial charge in [-0.15, -0.1) is 11.8 Å². The van der Waals surface area contributed by atoms with Gasteiger partial charge in [0.2, 0.25) is 5.91 Å². The molecule has 122 valence electrons. The number of benzene rings is 1. The first-order chi connectivity index (χ1) is 10.2. The molecule has 1 aromatic carbocycles. The van der Waals surface area contributed by atoms with E-state index in [-0.39, 0.29) is 6.42 Å². The van der Waals surface area contributed by atoms with Gasteiger partial charge < -0.3 is 10.4 Å². The number of rotatable bonds is 7. The first-order valence-electron chi connectivity index (χ1n) is 6.14. The molecule has 0 fully saturated rings. The summed E-state index contributed by atoms with van der Waals surface area (Å²) in [6, 6.07) is 4.87. The molecule has 0 aliphatic carbocycles. The molecule has 0 saturated carbocycles. The largest absolute Gasteiger partial charge is 0.480 e. The van der Waals surface area contributed by atoms with Crippen molar-refractivity contribution in [1.29, 1.82) is 0 Å². The number of hydrogen-bond donors (Lipinski definition) is 2. The predicted molar refractivity (Wildman–Crippen MR) is 77.0 cm³/mol. The van der Waals surface area contributed by atoms with Crippen LogP contribution in [0.25, 0.3) is 0 Å². The Morgan fingerprint density at radius 3 is 2.36 bits per heavy atom. The molecule has 0 spiro atoms. The Morgan fingerprint density at radius 2 is 1.86 bits per heavy atom. The molecule has 9 heteroatoms. The number of amides is 1. The third-order valence-electron chi connectivity index (χ3n) is 2.48. The monoisotopic (exact) mass is 355 g/mol. The maximum absolute atomic E-state index is 12.2. The molecule has 0 heterocycles. The fraction of sp³-hybridized carbons (Fsp3) is 0.385. The Labute approximate surface area is 134 Å². The molecule has 1 aromatic rings. The zero-order valence-corrected chi connectivity index (χ0v) is 12.8. The lowest BCUT2D eigenvalue weighted by Crippen LogP contribution is -2.43. The summed E-state index contributed by atoms with van der Waals surface area (Å²) < 4.78 is 36.6. The van der Waals surface area contributed by atoms with Crippen LogP contribution in [0.5, 0.6) is 0 Å². The third-order valence-corrected chi connectivity index (χ3v) is 3.75. The highest BCUT2D eigenvalue weighted by molar-refractivity contribution is 7.99. The van der Waals surface area contributed by atoms with Crippen LogP contribution in [0.2, 0.25) is 5.02 Å². The topological polar surface area (TPSA) is 66.4 Å². The minimum atomic E-state index is -4.66. The van der Waals surface area contributed by atoms with Gasteiger partial charge in [-0.05, 0) is 24.3 Å². The molecule has 4 nitrogen and oxygen atoms in total. The van der Waals surface area contributed by atoms with E-state index in [1.54, 1.807) is 24.3 Å². The molecular formula is C13H13ClF3NO3S. The molecule has 22 heavy (non-hydrogen) atoms. The summed E-state index contributed by atoms with van der Waals surface area (Å²) in [4.78, 5) is 23.1. The number of carboxylic acids is 1. The van der Waals surface area contributed by atoms with Gasteiger partial charge in [-0.3, -0.25) is 4.79 Å². The first kappa shape index (κ1) is 18.6. The Kier molecular flexibility index (Phi) is 7.02. The molecule has 1 unspecified atom stereocenters. The van der Waals surface area contributed by atoms with E-state index in [0.717, 1.165) is 4.90 Å². The molecule has 0 radical (unpaired) electrons. The highest BCUT2D eigenvalue weighted by atomic mass is 35.5. The zero-order chi connectivity index (χ0) is 16.8. The summed E-state index contributed by atoms with van der Waals surface area (Å²) in [6.07, 6.45) is -6.35. The number of carbonyl (C=O) groups is 2. The van der Waals surface area contributed by atoms with Crippen molar-refractivity contribution in [2.45, 2.75) is 30.0 Å². The molecular weight excluding hydrogens is 343 g/mol. The number of halogens is 4. The Balaban J connectivity index is 2.40. The highest BCUT2D eigenvalue weighted by Gasteiger charge is 2.36. The van der Waals surface area contributed by atoms with Gasteiger partial charge in [-0.25, -0.2) is 4.79 Å². The second-order valence-corrected chi connectivity index (χ2v) is 5.93. The van der Waals surface area contributed by atoms with Crippen LogP contribution in [0.1, 0.15) is 12.8 Å². The normalized spacial score (nSPS) is 12.7. The lowest BCUT2D eigenvalue weighted by molar-refractivity contribution is -0.159. The van der Waals surface area contributed by atoms with Crippen molar-refractivity contribution in [3.05, 3.63) is 29.3 Å². The van der Waals surface area contributed by atoms with Gasteiger partial charge in [0, 0.05) is 22.1 Å². The highest BCUT2D eigenvalue weighted by Crippen LogP contribution is 2.22.